The van der Waals surface area contributed by atoms with Crippen LogP contribution in [0.4, 0.5) is 11.6 Å². The van der Waals surface area contributed by atoms with Crippen molar-refractivity contribution < 1.29 is 0 Å². The average Bonchev–Trinajstić information content (AvgIpc) is 2.89. The molecule has 0 spiro atoms. The molecule has 6 heteroatoms. The molecule has 96 valence electrons. The van der Waals surface area contributed by atoms with Crippen LogP contribution in [0.5, 0.6) is 0 Å². The standard InChI is InChI=1S/C12H16N4S2/c1-3-13-10-7-11(16-12(15-10)17-2)14-8-9-5-4-6-18-9/h4-7H,3,8H2,1-2H3,(H2,13,14,15,16). The zero-order valence-electron chi connectivity index (χ0n) is 10.4. The summed E-state index contributed by atoms with van der Waals surface area (Å²) in [5, 5.41) is 9.40. The number of hydrogen-bond donors (Lipinski definition) is 2. The average molecular weight is 280 g/mol. The Kier molecular flexibility index (Phi) is 4.83. The van der Waals surface area contributed by atoms with E-state index in [1.807, 2.05) is 12.3 Å². The van der Waals surface area contributed by atoms with Crippen LogP contribution >= 0.6 is 23.1 Å². The Balaban J connectivity index is 2.08. The Hall–Kier alpha value is -1.27. The smallest absolute Gasteiger partial charge is 0.191 e. The zero-order valence-corrected chi connectivity index (χ0v) is 12.1. The van der Waals surface area contributed by atoms with Crippen LogP contribution in [-0.4, -0.2) is 22.8 Å². The molecule has 0 radical (unpaired) electrons. The van der Waals surface area contributed by atoms with Gasteiger partial charge in [-0.15, -0.1) is 11.3 Å². The van der Waals surface area contributed by atoms with E-state index in [0.29, 0.717) is 0 Å². The molecule has 0 saturated carbocycles. The summed E-state index contributed by atoms with van der Waals surface area (Å²) >= 11 is 3.29. The molecular weight excluding hydrogens is 264 g/mol. The number of thiophene rings is 1. The predicted molar refractivity (Wildman–Crippen MR) is 79.6 cm³/mol. The molecule has 0 aliphatic carbocycles. The van der Waals surface area contributed by atoms with E-state index < -0.39 is 0 Å². The van der Waals surface area contributed by atoms with Crippen molar-refractivity contribution >= 4 is 34.7 Å². The third-order valence-electron chi connectivity index (χ3n) is 2.27. The molecule has 0 aromatic carbocycles. The number of thioether (sulfide) groups is 1. The molecule has 18 heavy (non-hydrogen) atoms. The van der Waals surface area contributed by atoms with Crippen LogP contribution in [-0.2, 0) is 6.54 Å². The molecule has 0 fully saturated rings. The lowest BCUT2D eigenvalue weighted by atomic mass is 10.4. The van der Waals surface area contributed by atoms with Gasteiger partial charge in [-0.2, -0.15) is 0 Å². The Labute approximate surface area is 115 Å². The Morgan fingerprint density at radius 2 is 2.06 bits per heavy atom. The minimum absolute atomic E-state index is 0.780. The molecule has 2 N–H and O–H groups in total. The van der Waals surface area contributed by atoms with Crippen LogP contribution in [0.15, 0.2) is 28.7 Å². The van der Waals surface area contributed by atoms with Gasteiger partial charge in [0.15, 0.2) is 5.16 Å². The molecule has 0 unspecified atom stereocenters. The monoisotopic (exact) mass is 280 g/mol. The highest BCUT2D eigenvalue weighted by atomic mass is 32.2. The van der Waals surface area contributed by atoms with Gasteiger partial charge >= 0.3 is 0 Å². The fourth-order valence-corrected chi connectivity index (χ4v) is 2.49. The van der Waals surface area contributed by atoms with Crippen molar-refractivity contribution in [2.75, 3.05) is 23.4 Å². The lowest BCUT2D eigenvalue weighted by Gasteiger charge is -2.09. The highest BCUT2D eigenvalue weighted by Crippen LogP contribution is 2.18. The molecule has 0 aliphatic heterocycles. The summed E-state index contributed by atoms with van der Waals surface area (Å²) in [5.74, 6) is 1.73. The van der Waals surface area contributed by atoms with Crippen molar-refractivity contribution in [3.63, 3.8) is 0 Å². The summed E-state index contributed by atoms with van der Waals surface area (Å²) in [5.41, 5.74) is 0. The quantitative estimate of drug-likeness (QED) is 0.628. The van der Waals surface area contributed by atoms with Gasteiger partial charge in [0.05, 0.1) is 6.54 Å². The topological polar surface area (TPSA) is 49.8 Å². The maximum Gasteiger partial charge on any atom is 0.191 e. The van der Waals surface area contributed by atoms with Gasteiger partial charge in [-0.1, -0.05) is 17.8 Å². The highest BCUT2D eigenvalue weighted by Gasteiger charge is 2.03. The number of hydrogen-bond acceptors (Lipinski definition) is 6. The van der Waals surface area contributed by atoms with Crippen molar-refractivity contribution in [2.45, 2.75) is 18.6 Å². The summed E-state index contributed by atoms with van der Waals surface area (Å²) in [6.07, 6.45) is 1.98. The third kappa shape index (κ3) is 3.61. The molecule has 4 nitrogen and oxygen atoms in total. The largest absolute Gasteiger partial charge is 0.370 e. The minimum Gasteiger partial charge on any atom is -0.370 e. The van der Waals surface area contributed by atoms with Gasteiger partial charge < -0.3 is 10.6 Å². The van der Waals surface area contributed by atoms with Crippen LogP contribution in [0.2, 0.25) is 0 Å². The first-order valence-electron chi connectivity index (χ1n) is 5.75. The van der Waals surface area contributed by atoms with E-state index in [1.54, 1.807) is 23.1 Å². The SMILES string of the molecule is CCNc1cc(NCc2cccs2)nc(SC)n1. The predicted octanol–water partition coefficient (Wildman–Crippen LogP) is 3.30. The van der Waals surface area contributed by atoms with E-state index in [9.17, 15) is 0 Å². The minimum atomic E-state index is 0.780. The molecule has 2 aromatic heterocycles. The van der Waals surface area contributed by atoms with E-state index in [1.165, 1.54) is 4.88 Å². The normalized spacial score (nSPS) is 10.3. The Morgan fingerprint density at radius 3 is 2.67 bits per heavy atom. The van der Waals surface area contributed by atoms with E-state index >= 15 is 0 Å². The molecule has 0 amide bonds. The molecule has 0 saturated heterocycles. The molecule has 2 heterocycles. The lowest BCUT2D eigenvalue weighted by molar-refractivity contribution is 0.952. The Morgan fingerprint density at radius 1 is 1.28 bits per heavy atom. The summed E-state index contributed by atoms with van der Waals surface area (Å²) in [4.78, 5) is 10.1. The second-order valence-corrected chi connectivity index (χ2v) is 5.39. The van der Waals surface area contributed by atoms with Crippen LogP contribution in [0.1, 0.15) is 11.8 Å². The first-order chi connectivity index (χ1) is 8.81. The number of rotatable bonds is 6. The summed E-state index contributed by atoms with van der Waals surface area (Å²) in [6.45, 7) is 3.71. The molecule has 0 bridgehead atoms. The van der Waals surface area contributed by atoms with Crippen LogP contribution in [0, 0.1) is 0 Å². The van der Waals surface area contributed by atoms with Gasteiger partial charge in [0.2, 0.25) is 0 Å². The maximum atomic E-state index is 4.44. The van der Waals surface area contributed by atoms with Crippen LogP contribution in [0.3, 0.4) is 0 Å². The van der Waals surface area contributed by atoms with Gasteiger partial charge in [0.25, 0.3) is 0 Å². The highest BCUT2D eigenvalue weighted by molar-refractivity contribution is 7.98. The second-order valence-electron chi connectivity index (χ2n) is 3.59. The molecular formula is C12H16N4S2. The molecule has 2 aromatic rings. The third-order valence-corrected chi connectivity index (χ3v) is 3.69. The van der Waals surface area contributed by atoms with Gasteiger partial charge in [-0.25, -0.2) is 9.97 Å². The number of nitrogens with one attached hydrogen (secondary N) is 2. The van der Waals surface area contributed by atoms with Gasteiger partial charge in [0, 0.05) is 17.5 Å². The summed E-state index contributed by atoms with van der Waals surface area (Å²) in [6, 6.07) is 6.11. The van der Waals surface area contributed by atoms with E-state index in [4.69, 9.17) is 0 Å². The van der Waals surface area contributed by atoms with Crippen molar-refractivity contribution in [1.82, 2.24) is 9.97 Å². The van der Waals surface area contributed by atoms with Gasteiger partial charge in [-0.05, 0) is 24.6 Å². The van der Waals surface area contributed by atoms with Crippen molar-refractivity contribution in [2.24, 2.45) is 0 Å². The second kappa shape index (κ2) is 6.61. The van der Waals surface area contributed by atoms with E-state index in [-0.39, 0.29) is 0 Å². The van der Waals surface area contributed by atoms with Crippen LogP contribution in [0.25, 0.3) is 0 Å². The Bertz CT molecular complexity index is 485. The van der Waals surface area contributed by atoms with Gasteiger partial charge in [-0.3, -0.25) is 0 Å². The maximum absolute atomic E-state index is 4.44. The fraction of sp³-hybridized carbons (Fsp3) is 0.333. The first-order valence-corrected chi connectivity index (χ1v) is 7.85. The zero-order chi connectivity index (χ0) is 12.8. The number of anilines is 2. The summed E-state index contributed by atoms with van der Waals surface area (Å²) < 4.78 is 0. The first kappa shape index (κ1) is 13.2. The molecule has 2 rings (SSSR count). The molecule has 0 aliphatic rings. The number of aromatic nitrogens is 2. The van der Waals surface area contributed by atoms with E-state index in [0.717, 1.165) is 29.9 Å². The fourth-order valence-electron chi connectivity index (χ4n) is 1.47. The van der Waals surface area contributed by atoms with Crippen molar-refractivity contribution in [3.05, 3.63) is 28.5 Å². The van der Waals surface area contributed by atoms with Crippen molar-refractivity contribution in [3.8, 4) is 0 Å². The van der Waals surface area contributed by atoms with E-state index in [2.05, 4.69) is 45.0 Å². The lowest BCUT2D eigenvalue weighted by Crippen LogP contribution is -2.05. The summed E-state index contributed by atoms with van der Waals surface area (Å²) in [7, 11) is 0. The van der Waals surface area contributed by atoms with Gasteiger partial charge in [0.1, 0.15) is 11.6 Å². The van der Waals surface area contributed by atoms with Crippen molar-refractivity contribution in [1.29, 1.82) is 0 Å². The number of nitrogens with zero attached hydrogens (tertiary/aromatic N) is 2. The molecule has 0 atom stereocenters. The van der Waals surface area contributed by atoms with Crippen LogP contribution < -0.4 is 10.6 Å².